The Morgan fingerprint density at radius 3 is 2.93 bits per heavy atom. The summed E-state index contributed by atoms with van der Waals surface area (Å²) in [5.74, 6) is 0.399. The number of hydrazone groups is 1. The number of nitrogens with one attached hydrogen (secondary N) is 3. The Labute approximate surface area is 167 Å². The normalized spacial score (nSPS) is 11.2. The van der Waals surface area contributed by atoms with Crippen LogP contribution in [0.1, 0.15) is 28.7 Å². The zero-order valence-corrected chi connectivity index (χ0v) is 16.2. The number of carbonyl (C=O) groups excluding carboxylic acids is 1. The lowest BCUT2D eigenvalue weighted by atomic mass is 10.1. The Hall–Kier alpha value is -3.87. The Kier molecular flexibility index (Phi) is 5.11. The number of rotatable bonds is 6. The monoisotopic (exact) mass is 387 g/mol. The number of aryl methyl sites for hydroxylation is 1. The van der Waals surface area contributed by atoms with Crippen molar-refractivity contribution in [3.05, 3.63) is 71.5 Å². The third-order valence-corrected chi connectivity index (χ3v) is 4.57. The van der Waals surface area contributed by atoms with Gasteiger partial charge in [0.1, 0.15) is 11.4 Å². The van der Waals surface area contributed by atoms with E-state index < -0.39 is 0 Å². The van der Waals surface area contributed by atoms with Gasteiger partial charge in [0.05, 0.1) is 18.5 Å². The lowest BCUT2D eigenvalue weighted by Crippen LogP contribution is -2.18. The summed E-state index contributed by atoms with van der Waals surface area (Å²) in [6.07, 6.45) is 1.65. The first-order valence-electron chi connectivity index (χ1n) is 9.35. The van der Waals surface area contributed by atoms with E-state index in [1.165, 1.54) is 0 Å². The van der Waals surface area contributed by atoms with Gasteiger partial charge in [0, 0.05) is 27.7 Å². The molecule has 4 aromatic rings. The van der Waals surface area contributed by atoms with E-state index >= 15 is 0 Å². The van der Waals surface area contributed by atoms with Crippen molar-refractivity contribution < 1.29 is 9.53 Å². The van der Waals surface area contributed by atoms with Gasteiger partial charge in [-0.15, -0.1) is 0 Å². The first-order chi connectivity index (χ1) is 14.2. The summed E-state index contributed by atoms with van der Waals surface area (Å²) >= 11 is 0. The molecule has 0 saturated carbocycles. The van der Waals surface area contributed by atoms with Crippen molar-refractivity contribution >= 4 is 23.0 Å². The number of carbonyl (C=O) groups is 1. The molecule has 0 aliphatic rings. The molecule has 0 radical (unpaired) electrons. The molecule has 29 heavy (non-hydrogen) atoms. The smallest absolute Gasteiger partial charge is 0.289 e. The molecular formula is C22H21N5O2. The van der Waals surface area contributed by atoms with Gasteiger partial charge in [-0.25, -0.2) is 5.43 Å². The summed E-state index contributed by atoms with van der Waals surface area (Å²) in [5.41, 5.74) is 7.36. The molecule has 3 N–H and O–H groups in total. The summed E-state index contributed by atoms with van der Waals surface area (Å²) in [6, 6.07) is 17.2. The zero-order chi connectivity index (χ0) is 20.2. The summed E-state index contributed by atoms with van der Waals surface area (Å²) in [4.78, 5) is 15.7. The first-order valence-corrected chi connectivity index (χ1v) is 9.35. The molecule has 0 saturated heterocycles. The molecule has 2 heterocycles. The molecule has 7 nitrogen and oxygen atoms in total. The fraction of sp³-hybridized carbons (Fsp3) is 0.136. The van der Waals surface area contributed by atoms with E-state index in [9.17, 15) is 4.79 Å². The van der Waals surface area contributed by atoms with E-state index in [2.05, 4.69) is 25.7 Å². The number of para-hydroxylation sites is 1. The third kappa shape index (κ3) is 3.89. The van der Waals surface area contributed by atoms with Crippen LogP contribution in [0.3, 0.4) is 0 Å². The standard InChI is InChI=1S/C22H21N5O2/c1-3-29-16-8-6-7-15(11-16)20-12-21(26-25-20)22(28)27-23-13-18-14(2)24-19-10-5-4-9-17(18)19/h4-13,24H,3H2,1-2H3,(H,25,26)(H,27,28). The van der Waals surface area contributed by atoms with Crippen LogP contribution in [0.4, 0.5) is 0 Å². The Morgan fingerprint density at radius 1 is 1.21 bits per heavy atom. The number of benzene rings is 2. The molecule has 7 heteroatoms. The SMILES string of the molecule is CCOc1cccc(-c2cc(C(=O)NN=Cc3c(C)[nH]c4ccccc34)[nH]n2)c1. The van der Waals surface area contributed by atoms with Crippen molar-refractivity contribution in [3.63, 3.8) is 0 Å². The predicted molar refractivity (Wildman–Crippen MR) is 113 cm³/mol. The highest BCUT2D eigenvalue weighted by Crippen LogP contribution is 2.23. The molecular weight excluding hydrogens is 366 g/mol. The second-order valence-electron chi connectivity index (χ2n) is 6.54. The molecule has 2 aromatic heterocycles. The number of aromatic amines is 2. The number of hydrogen-bond acceptors (Lipinski definition) is 4. The largest absolute Gasteiger partial charge is 0.494 e. The van der Waals surface area contributed by atoms with Crippen molar-refractivity contribution in [1.29, 1.82) is 0 Å². The van der Waals surface area contributed by atoms with E-state index in [4.69, 9.17) is 4.74 Å². The Bertz CT molecular complexity index is 1190. The van der Waals surface area contributed by atoms with E-state index in [1.54, 1.807) is 12.3 Å². The van der Waals surface area contributed by atoms with Gasteiger partial charge in [0.2, 0.25) is 0 Å². The number of hydrogen-bond donors (Lipinski definition) is 3. The Morgan fingerprint density at radius 2 is 2.07 bits per heavy atom. The maximum absolute atomic E-state index is 12.4. The molecule has 0 aliphatic carbocycles. The van der Waals surface area contributed by atoms with Gasteiger partial charge in [-0.2, -0.15) is 10.2 Å². The van der Waals surface area contributed by atoms with E-state index in [0.717, 1.165) is 33.5 Å². The zero-order valence-electron chi connectivity index (χ0n) is 16.2. The third-order valence-electron chi connectivity index (χ3n) is 4.57. The van der Waals surface area contributed by atoms with Crippen molar-refractivity contribution in [2.24, 2.45) is 5.10 Å². The van der Waals surface area contributed by atoms with E-state index in [0.29, 0.717) is 18.0 Å². The summed E-state index contributed by atoms with van der Waals surface area (Å²) in [6.45, 7) is 4.49. The van der Waals surface area contributed by atoms with Crippen LogP contribution in [0.5, 0.6) is 5.75 Å². The number of H-pyrrole nitrogens is 2. The lowest BCUT2D eigenvalue weighted by Gasteiger charge is -2.03. The second-order valence-corrected chi connectivity index (χ2v) is 6.54. The average Bonchev–Trinajstić information content (AvgIpc) is 3.34. The molecule has 0 aliphatic heterocycles. The van der Waals surface area contributed by atoms with Gasteiger partial charge in [-0.1, -0.05) is 30.3 Å². The van der Waals surface area contributed by atoms with Crippen LogP contribution in [0.2, 0.25) is 0 Å². The molecule has 1 amide bonds. The summed E-state index contributed by atoms with van der Waals surface area (Å²) in [7, 11) is 0. The minimum atomic E-state index is -0.363. The number of amides is 1. The van der Waals surface area contributed by atoms with Crippen LogP contribution in [0, 0.1) is 6.92 Å². The number of ether oxygens (including phenoxy) is 1. The molecule has 0 fully saturated rings. The van der Waals surface area contributed by atoms with Gasteiger partial charge in [0.15, 0.2) is 0 Å². The highest BCUT2D eigenvalue weighted by atomic mass is 16.5. The van der Waals surface area contributed by atoms with Crippen LogP contribution in [0.15, 0.2) is 59.7 Å². The van der Waals surface area contributed by atoms with Gasteiger partial charge in [0.25, 0.3) is 5.91 Å². The minimum Gasteiger partial charge on any atom is -0.494 e. The number of fused-ring (bicyclic) bond motifs is 1. The van der Waals surface area contributed by atoms with Crippen molar-refractivity contribution in [1.82, 2.24) is 20.6 Å². The predicted octanol–water partition coefficient (Wildman–Crippen LogP) is 4.03. The van der Waals surface area contributed by atoms with Crippen LogP contribution in [-0.2, 0) is 0 Å². The van der Waals surface area contributed by atoms with Gasteiger partial charge < -0.3 is 9.72 Å². The van der Waals surface area contributed by atoms with Crippen LogP contribution in [-0.4, -0.2) is 33.9 Å². The van der Waals surface area contributed by atoms with Gasteiger partial charge >= 0.3 is 0 Å². The molecule has 146 valence electrons. The number of nitrogens with zero attached hydrogens (tertiary/aromatic N) is 2. The molecule has 2 aromatic carbocycles. The molecule has 0 spiro atoms. The first kappa shape index (κ1) is 18.5. The maximum Gasteiger partial charge on any atom is 0.289 e. The van der Waals surface area contributed by atoms with Gasteiger partial charge in [-0.05, 0) is 38.1 Å². The highest BCUT2D eigenvalue weighted by molar-refractivity contribution is 6.01. The summed E-state index contributed by atoms with van der Waals surface area (Å²) in [5, 5.41) is 12.1. The minimum absolute atomic E-state index is 0.328. The van der Waals surface area contributed by atoms with Crippen LogP contribution >= 0.6 is 0 Å². The van der Waals surface area contributed by atoms with Crippen molar-refractivity contribution in [2.45, 2.75) is 13.8 Å². The van der Waals surface area contributed by atoms with Gasteiger partial charge in [-0.3, -0.25) is 9.89 Å². The van der Waals surface area contributed by atoms with Crippen LogP contribution < -0.4 is 10.2 Å². The maximum atomic E-state index is 12.4. The van der Waals surface area contributed by atoms with E-state index in [-0.39, 0.29) is 5.91 Å². The quantitative estimate of drug-likeness (QED) is 0.344. The molecule has 0 unspecified atom stereocenters. The average molecular weight is 387 g/mol. The van der Waals surface area contributed by atoms with Crippen molar-refractivity contribution in [2.75, 3.05) is 6.61 Å². The second kappa shape index (κ2) is 8.02. The lowest BCUT2D eigenvalue weighted by molar-refractivity contribution is 0.0950. The Balaban J connectivity index is 1.47. The van der Waals surface area contributed by atoms with Crippen LogP contribution in [0.25, 0.3) is 22.2 Å². The fourth-order valence-corrected chi connectivity index (χ4v) is 3.18. The van der Waals surface area contributed by atoms with Crippen molar-refractivity contribution in [3.8, 4) is 17.0 Å². The van der Waals surface area contributed by atoms with E-state index in [1.807, 2.05) is 62.4 Å². The highest BCUT2D eigenvalue weighted by Gasteiger charge is 2.11. The topological polar surface area (TPSA) is 95.2 Å². The number of aromatic nitrogens is 3. The summed E-state index contributed by atoms with van der Waals surface area (Å²) < 4.78 is 5.51. The molecule has 4 rings (SSSR count). The molecule has 0 atom stereocenters. The molecule has 0 bridgehead atoms. The fourth-order valence-electron chi connectivity index (χ4n) is 3.18.